The zero-order chi connectivity index (χ0) is 15.2. The maximum absolute atomic E-state index is 5.29. The lowest BCUT2D eigenvalue weighted by atomic mass is 9.96. The quantitative estimate of drug-likeness (QED) is 0.511. The van der Waals surface area contributed by atoms with Gasteiger partial charge in [-0.1, -0.05) is 55.7 Å². The molecule has 1 aliphatic rings. The van der Waals surface area contributed by atoms with Gasteiger partial charge in [-0.25, -0.2) is 0 Å². The fourth-order valence-electron chi connectivity index (χ4n) is 2.92. The van der Waals surface area contributed by atoms with Crippen LogP contribution >= 0.6 is 12.2 Å². The van der Waals surface area contributed by atoms with Crippen LogP contribution in [-0.4, -0.2) is 17.4 Å². The van der Waals surface area contributed by atoms with Gasteiger partial charge < -0.3 is 5.32 Å². The van der Waals surface area contributed by atoms with Crippen LogP contribution in [0.4, 0.5) is 0 Å². The van der Waals surface area contributed by atoms with Gasteiger partial charge in [0.25, 0.3) is 0 Å². The summed E-state index contributed by atoms with van der Waals surface area (Å²) in [5.41, 5.74) is 3.98. The van der Waals surface area contributed by atoms with Crippen molar-refractivity contribution in [2.24, 2.45) is 5.10 Å². The normalized spacial score (nSPS) is 16.0. The van der Waals surface area contributed by atoms with Crippen LogP contribution in [0.2, 0.25) is 0 Å². The lowest BCUT2D eigenvalue weighted by molar-refractivity contribution is 0.412. The summed E-state index contributed by atoms with van der Waals surface area (Å²) in [6.07, 6.45) is 8.15. The molecule has 2 N–H and O–H groups in total. The summed E-state index contributed by atoms with van der Waals surface area (Å²) in [4.78, 5) is 0. The fourth-order valence-corrected chi connectivity index (χ4v) is 3.14. The molecule has 1 fully saturated rings. The average molecular weight is 311 g/mol. The van der Waals surface area contributed by atoms with Gasteiger partial charge in [-0.05, 0) is 47.5 Å². The minimum atomic E-state index is 0.504. The number of benzene rings is 2. The average Bonchev–Trinajstić information content (AvgIpc) is 2.55. The third kappa shape index (κ3) is 4.04. The highest BCUT2D eigenvalue weighted by molar-refractivity contribution is 7.80. The Bertz CT molecular complexity index is 675. The minimum Gasteiger partial charge on any atom is -0.359 e. The van der Waals surface area contributed by atoms with Gasteiger partial charge >= 0.3 is 0 Å². The van der Waals surface area contributed by atoms with Gasteiger partial charge in [0.1, 0.15) is 0 Å². The largest absolute Gasteiger partial charge is 0.359 e. The number of nitrogens with zero attached hydrogens (tertiary/aromatic N) is 1. The van der Waals surface area contributed by atoms with Crippen LogP contribution in [-0.2, 0) is 0 Å². The number of thiocarbonyl (C=S) groups is 1. The second kappa shape index (κ2) is 7.36. The van der Waals surface area contributed by atoms with Crippen molar-refractivity contribution in [3.8, 4) is 0 Å². The molecule has 2 aromatic rings. The zero-order valence-electron chi connectivity index (χ0n) is 12.6. The first kappa shape index (κ1) is 15.0. The second-order valence-electron chi connectivity index (χ2n) is 5.78. The van der Waals surface area contributed by atoms with E-state index in [0.717, 1.165) is 5.56 Å². The Kier molecular flexibility index (Phi) is 5.01. The smallest absolute Gasteiger partial charge is 0.187 e. The molecule has 0 amide bonds. The molecular weight excluding hydrogens is 290 g/mol. The van der Waals surface area contributed by atoms with Crippen LogP contribution in [0.5, 0.6) is 0 Å². The maximum atomic E-state index is 5.29. The number of hydrogen-bond acceptors (Lipinski definition) is 2. The van der Waals surface area contributed by atoms with Crippen molar-refractivity contribution in [3.63, 3.8) is 0 Å². The summed E-state index contributed by atoms with van der Waals surface area (Å²) in [7, 11) is 0. The number of hydrogen-bond donors (Lipinski definition) is 2. The van der Waals surface area contributed by atoms with E-state index in [1.54, 1.807) is 6.21 Å². The summed E-state index contributed by atoms with van der Waals surface area (Å²) in [6, 6.07) is 15.1. The molecule has 0 spiro atoms. The van der Waals surface area contributed by atoms with E-state index >= 15 is 0 Å². The first-order valence-electron chi connectivity index (χ1n) is 7.90. The Labute approximate surface area is 136 Å². The molecule has 0 unspecified atom stereocenters. The summed E-state index contributed by atoms with van der Waals surface area (Å²) >= 11 is 5.29. The fraction of sp³-hybridized carbons (Fsp3) is 0.333. The molecule has 1 aliphatic carbocycles. The van der Waals surface area contributed by atoms with Gasteiger partial charge in [-0.2, -0.15) is 5.10 Å². The van der Waals surface area contributed by atoms with Crippen LogP contribution in [0.15, 0.2) is 47.6 Å². The maximum Gasteiger partial charge on any atom is 0.187 e. The zero-order valence-corrected chi connectivity index (χ0v) is 13.4. The molecule has 0 heterocycles. The van der Waals surface area contributed by atoms with Crippen LogP contribution in [0, 0.1) is 0 Å². The molecule has 2 aromatic carbocycles. The van der Waals surface area contributed by atoms with Crippen molar-refractivity contribution in [1.29, 1.82) is 0 Å². The third-order valence-corrected chi connectivity index (χ3v) is 4.30. The highest BCUT2D eigenvalue weighted by atomic mass is 32.1. The molecule has 0 radical (unpaired) electrons. The summed E-state index contributed by atoms with van der Waals surface area (Å²) < 4.78 is 0. The Balaban J connectivity index is 1.55. The Morgan fingerprint density at radius 2 is 1.82 bits per heavy atom. The molecular formula is C18H21N3S. The molecule has 3 rings (SSSR count). The van der Waals surface area contributed by atoms with E-state index in [1.165, 1.54) is 42.9 Å². The topological polar surface area (TPSA) is 36.4 Å². The van der Waals surface area contributed by atoms with Gasteiger partial charge in [0.15, 0.2) is 5.11 Å². The molecule has 1 saturated carbocycles. The first-order chi connectivity index (χ1) is 10.8. The number of hydrazone groups is 1. The van der Waals surface area contributed by atoms with Crippen molar-refractivity contribution in [3.05, 3.63) is 48.0 Å². The summed E-state index contributed by atoms with van der Waals surface area (Å²) in [5, 5.41) is 10.6. The van der Waals surface area contributed by atoms with Crippen molar-refractivity contribution >= 4 is 34.3 Å². The predicted molar refractivity (Wildman–Crippen MR) is 97.3 cm³/mol. The van der Waals surface area contributed by atoms with Crippen LogP contribution in [0.3, 0.4) is 0 Å². The number of fused-ring (bicyclic) bond motifs is 1. The van der Waals surface area contributed by atoms with Gasteiger partial charge in [0.05, 0.1) is 6.21 Å². The first-order valence-corrected chi connectivity index (χ1v) is 8.30. The predicted octanol–water partition coefficient (Wildman–Crippen LogP) is 3.97. The molecule has 3 nitrogen and oxygen atoms in total. The third-order valence-electron chi connectivity index (χ3n) is 4.09. The lowest BCUT2D eigenvalue weighted by Crippen LogP contribution is -2.40. The SMILES string of the molecule is S=C(N/N=C\c1ccc2ccccc2c1)NC1CCCCC1. The highest BCUT2D eigenvalue weighted by Gasteiger charge is 2.13. The van der Waals surface area contributed by atoms with Crippen molar-refractivity contribution < 1.29 is 0 Å². The molecule has 4 heteroatoms. The van der Waals surface area contributed by atoms with Gasteiger partial charge in [0.2, 0.25) is 0 Å². The van der Waals surface area contributed by atoms with Crippen LogP contribution in [0.25, 0.3) is 10.8 Å². The Hall–Kier alpha value is -1.94. The molecule has 0 aliphatic heterocycles. The van der Waals surface area contributed by atoms with E-state index in [-0.39, 0.29) is 0 Å². The van der Waals surface area contributed by atoms with E-state index in [0.29, 0.717) is 11.2 Å². The van der Waals surface area contributed by atoms with Gasteiger partial charge in [-0.3, -0.25) is 5.43 Å². The molecule has 114 valence electrons. The van der Waals surface area contributed by atoms with Crippen molar-refractivity contribution in [2.75, 3.05) is 0 Å². The molecule has 0 atom stereocenters. The van der Waals surface area contributed by atoms with E-state index in [2.05, 4.69) is 46.2 Å². The number of nitrogens with one attached hydrogen (secondary N) is 2. The van der Waals surface area contributed by atoms with Crippen LogP contribution < -0.4 is 10.7 Å². The van der Waals surface area contributed by atoms with Gasteiger partial charge in [0, 0.05) is 6.04 Å². The Morgan fingerprint density at radius 1 is 1.05 bits per heavy atom. The van der Waals surface area contributed by atoms with Crippen molar-refractivity contribution in [2.45, 2.75) is 38.1 Å². The van der Waals surface area contributed by atoms with Crippen molar-refractivity contribution in [1.82, 2.24) is 10.7 Å². The van der Waals surface area contributed by atoms with E-state index in [9.17, 15) is 0 Å². The van der Waals surface area contributed by atoms with E-state index in [4.69, 9.17) is 12.2 Å². The molecule has 0 aromatic heterocycles. The summed E-state index contributed by atoms with van der Waals surface area (Å²) in [5.74, 6) is 0. The second-order valence-corrected chi connectivity index (χ2v) is 6.19. The lowest BCUT2D eigenvalue weighted by Gasteiger charge is -2.23. The van der Waals surface area contributed by atoms with E-state index < -0.39 is 0 Å². The monoisotopic (exact) mass is 311 g/mol. The molecule has 0 bridgehead atoms. The highest BCUT2D eigenvalue weighted by Crippen LogP contribution is 2.17. The van der Waals surface area contributed by atoms with E-state index in [1.807, 2.05) is 12.1 Å². The molecule has 22 heavy (non-hydrogen) atoms. The minimum absolute atomic E-state index is 0.504. The van der Waals surface area contributed by atoms with Crippen LogP contribution in [0.1, 0.15) is 37.7 Å². The standard InChI is InChI=1S/C18H21N3S/c22-18(20-17-8-2-1-3-9-17)21-19-13-14-10-11-15-6-4-5-7-16(15)12-14/h4-7,10-13,17H,1-3,8-9H2,(H2,20,21,22)/b19-13-. The Morgan fingerprint density at radius 3 is 2.64 bits per heavy atom. The summed E-state index contributed by atoms with van der Waals surface area (Å²) in [6.45, 7) is 0. The van der Waals surface area contributed by atoms with Gasteiger partial charge in [-0.15, -0.1) is 0 Å². The number of rotatable bonds is 3. The molecule has 0 saturated heterocycles.